The molecule has 0 bridgehead atoms. The monoisotopic (exact) mass is 376 g/mol. The first-order valence-corrected chi connectivity index (χ1v) is 9.34. The number of cyclic esters (lactones) is 1. The van der Waals surface area contributed by atoms with Gasteiger partial charge in [0.2, 0.25) is 0 Å². The second-order valence-electron chi connectivity index (χ2n) is 8.75. The summed E-state index contributed by atoms with van der Waals surface area (Å²) in [7, 11) is 0. The number of piperidine rings is 1. The van der Waals surface area contributed by atoms with Crippen LogP contribution in [-0.2, 0) is 9.47 Å². The van der Waals surface area contributed by atoms with Gasteiger partial charge in [0.1, 0.15) is 12.2 Å². The summed E-state index contributed by atoms with van der Waals surface area (Å²) in [6.45, 7) is 11.0. The van der Waals surface area contributed by atoms with Crippen LogP contribution in [0.25, 0.3) is 0 Å². The van der Waals surface area contributed by atoms with Crippen molar-refractivity contribution in [2.75, 3.05) is 24.6 Å². The predicted molar refractivity (Wildman–Crippen MR) is 99.7 cm³/mol. The lowest BCUT2D eigenvalue weighted by atomic mass is 9.94. The van der Waals surface area contributed by atoms with Crippen molar-refractivity contribution in [3.05, 3.63) is 18.1 Å². The number of hydrogen-bond acceptors (Lipinski definition) is 6. The average molecular weight is 376 g/mol. The van der Waals surface area contributed by atoms with Gasteiger partial charge in [0.25, 0.3) is 0 Å². The van der Waals surface area contributed by atoms with E-state index >= 15 is 0 Å². The SMILES string of the molecule is CC(C)(C)OC(=O)N1CCC(c2cncc(N3C(=O)OCC3(C)C)n2)CC1. The third kappa shape index (κ3) is 4.31. The average Bonchev–Trinajstić information content (AvgIpc) is 2.86. The van der Waals surface area contributed by atoms with E-state index in [1.807, 2.05) is 34.6 Å². The van der Waals surface area contributed by atoms with Gasteiger partial charge in [-0.1, -0.05) is 0 Å². The van der Waals surface area contributed by atoms with Crippen LogP contribution in [0.5, 0.6) is 0 Å². The van der Waals surface area contributed by atoms with Crippen molar-refractivity contribution >= 4 is 18.0 Å². The van der Waals surface area contributed by atoms with Crippen LogP contribution in [0.1, 0.15) is 59.1 Å². The van der Waals surface area contributed by atoms with Gasteiger partial charge in [-0.05, 0) is 47.5 Å². The summed E-state index contributed by atoms with van der Waals surface area (Å²) in [4.78, 5) is 36.6. The number of carbonyl (C=O) groups is 2. The number of anilines is 1. The highest BCUT2D eigenvalue weighted by atomic mass is 16.6. The molecule has 0 aromatic carbocycles. The minimum Gasteiger partial charge on any atom is -0.447 e. The Hall–Kier alpha value is -2.38. The summed E-state index contributed by atoms with van der Waals surface area (Å²) in [5.74, 6) is 0.701. The molecule has 8 nitrogen and oxygen atoms in total. The molecule has 3 rings (SSSR count). The number of carbonyl (C=O) groups excluding carboxylic acids is 2. The van der Waals surface area contributed by atoms with E-state index in [9.17, 15) is 9.59 Å². The summed E-state index contributed by atoms with van der Waals surface area (Å²) < 4.78 is 10.6. The Morgan fingerprint density at radius 1 is 1.26 bits per heavy atom. The topological polar surface area (TPSA) is 84.9 Å². The Morgan fingerprint density at radius 2 is 1.93 bits per heavy atom. The lowest BCUT2D eigenvalue weighted by Gasteiger charge is -2.33. The van der Waals surface area contributed by atoms with E-state index in [0.29, 0.717) is 25.5 Å². The number of hydrogen-bond donors (Lipinski definition) is 0. The third-order valence-electron chi connectivity index (χ3n) is 4.77. The summed E-state index contributed by atoms with van der Waals surface area (Å²) in [6, 6.07) is 0. The van der Waals surface area contributed by atoms with Crippen LogP contribution in [0, 0.1) is 0 Å². The third-order valence-corrected chi connectivity index (χ3v) is 4.77. The molecule has 3 heterocycles. The number of rotatable bonds is 2. The first-order chi connectivity index (χ1) is 12.6. The maximum Gasteiger partial charge on any atom is 0.416 e. The van der Waals surface area contributed by atoms with Crippen molar-refractivity contribution in [2.45, 2.75) is 64.5 Å². The van der Waals surface area contributed by atoms with Crippen LogP contribution >= 0.6 is 0 Å². The van der Waals surface area contributed by atoms with Crippen LogP contribution in [-0.4, -0.2) is 57.9 Å². The van der Waals surface area contributed by atoms with Gasteiger partial charge in [-0.2, -0.15) is 0 Å². The van der Waals surface area contributed by atoms with Crippen LogP contribution < -0.4 is 4.90 Å². The molecule has 0 saturated carbocycles. The van der Waals surface area contributed by atoms with E-state index in [0.717, 1.165) is 18.5 Å². The second kappa shape index (κ2) is 6.98. The molecule has 8 heteroatoms. The van der Waals surface area contributed by atoms with Crippen molar-refractivity contribution in [2.24, 2.45) is 0 Å². The van der Waals surface area contributed by atoms with E-state index < -0.39 is 17.2 Å². The molecule has 2 aliphatic rings. The zero-order chi connectivity index (χ0) is 19.8. The molecule has 0 aliphatic carbocycles. The highest BCUT2D eigenvalue weighted by Crippen LogP contribution is 2.32. The smallest absolute Gasteiger partial charge is 0.416 e. The van der Waals surface area contributed by atoms with Gasteiger partial charge in [0, 0.05) is 25.2 Å². The number of likely N-dealkylation sites (tertiary alicyclic amines) is 1. The van der Waals surface area contributed by atoms with Gasteiger partial charge in [0.05, 0.1) is 17.4 Å². The Labute approximate surface area is 159 Å². The van der Waals surface area contributed by atoms with Gasteiger partial charge in [-0.25, -0.2) is 14.6 Å². The Balaban J connectivity index is 1.67. The summed E-state index contributed by atoms with van der Waals surface area (Å²) >= 11 is 0. The fraction of sp³-hybridized carbons (Fsp3) is 0.684. The number of aromatic nitrogens is 2. The molecule has 2 fully saturated rings. The standard InChI is InChI=1S/C19H28N4O4/c1-18(2,3)27-16(24)22-8-6-13(7-9-22)14-10-20-11-15(21-14)23-17(25)26-12-19(23,4)5/h10-11,13H,6-9,12H2,1-5H3. The quantitative estimate of drug-likeness (QED) is 0.787. The molecule has 2 amide bonds. The van der Waals surface area contributed by atoms with Crippen LogP contribution in [0.4, 0.5) is 15.4 Å². The molecule has 0 atom stereocenters. The van der Waals surface area contributed by atoms with Crippen LogP contribution in [0.3, 0.4) is 0 Å². The molecule has 27 heavy (non-hydrogen) atoms. The van der Waals surface area contributed by atoms with Crippen molar-refractivity contribution in [3.63, 3.8) is 0 Å². The molecule has 0 N–H and O–H groups in total. The van der Waals surface area contributed by atoms with E-state index in [1.54, 1.807) is 22.2 Å². The van der Waals surface area contributed by atoms with E-state index in [-0.39, 0.29) is 12.0 Å². The first-order valence-electron chi connectivity index (χ1n) is 9.34. The molecule has 1 aromatic rings. The number of amides is 2. The first kappa shape index (κ1) is 19.4. The summed E-state index contributed by atoms with van der Waals surface area (Å²) in [5.41, 5.74) is -0.109. The molecule has 148 valence electrons. The Morgan fingerprint density at radius 3 is 2.48 bits per heavy atom. The van der Waals surface area contributed by atoms with Crippen LogP contribution in [0.15, 0.2) is 12.4 Å². The van der Waals surface area contributed by atoms with Gasteiger partial charge in [-0.3, -0.25) is 9.88 Å². The zero-order valence-electron chi connectivity index (χ0n) is 16.7. The maximum atomic E-state index is 12.2. The maximum absolute atomic E-state index is 12.2. The zero-order valence-corrected chi connectivity index (χ0v) is 16.7. The highest BCUT2D eigenvalue weighted by Gasteiger charge is 2.42. The van der Waals surface area contributed by atoms with Crippen molar-refractivity contribution in [1.29, 1.82) is 0 Å². The Bertz CT molecular complexity index is 721. The largest absolute Gasteiger partial charge is 0.447 e. The molecule has 2 saturated heterocycles. The van der Waals surface area contributed by atoms with E-state index in [2.05, 4.69) is 9.97 Å². The van der Waals surface area contributed by atoms with Crippen LogP contribution in [0.2, 0.25) is 0 Å². The lowest BCUT2D eigenvalue weighted by molar-refractivity contribution is 0.0204. The fourth-order valence-corrected chi connectivity index (χ4v) is 3.38. The summed E-state index contributed by atoms with van der Waals surface area (Å²) in [5, 5.41) is 0. The lowest BCUT2D eigenvalue weighted by Crippen LogP contribution is -2.43. The van der Waals surface area contributed by atoms with Crippen molar-refractivity contribution in [3.8, 4) is 0 Å². The molecule has 0 spiro atoms. The predicted octanol–water partition coefficient (Wildman–Crippen LogP) is 3.33. The van der Waals surface area contributed by atoms with Gasteiger partial charge < -0.3 is 14.4 Å². The van der Waals surface area contributed by atoms with Gasteiger partial charge >= 0.3 is 12.2 Å². The van der Waals surface area contributed by atoms with Crippen molar-refractivity contribution in [1.82, 2.24) is 14.9 Å². The Kier molecular flexibility index (Phi) is 5.01. The molecular weight excluding hydrogens is 348 g/mol. The minimum absolute atomic E-state index is 0.192. The number of nitrogens with zero attached hydrogens (tertiary/aromatic N) is 4. The van der Waals surface area contributed by atoms with Crippen molar-refractivity contribution < 1.29 is 19.1 Å². The molecule has 0 radical (unpaired) electrons. The van der Waals surface area contributed by atoms with Gasteiger partial charge in [-0.15, -0.1) is 0 Å². The highest BCUT2D eigenvalue weighted by molar-refractivity contribution is 5.90. The second-order valence-corrected chi connectivity index (χ2v) is 8.75. The molecule has 2 aliphatic heterocycles. The normalized spacial score (nSPS) is 20.6. The minimum atomic E-state index is -0.495. The van der Waals surface area contributed by atoms with E-state index in [1.165, 1.54) is 0 Å². The van der Waals surface area contributed by atoms with E-state index in [4.69, 9.17) is 9.47 Å². The van der Waals surface area contributed by atoms with Gasteiger partial charge in [0.15, 0.2) is 5.82 Å². The fourth-order valence-electron chi connectivity index (χ4n) is 3.38. The molecule has 1 aromatic heterocycles. The molecular formula is C19H28N4O4. The summed E-state index contributed by atoms with van der Waals surface area (Å²) in [6.07, 6.45) is 4.23. The number of ether oxygens (including phenoxy) is 2. The molecule has 0 unspecified atom stereocenters.